The first-order chi connectivity index (χ1) is 4.50. The fraction of sp³-hybridized carbons (Fsp3) is 0.500. The van der Waals surface area contributed by atoms with Crippen LogP contribution in [-0.4, -0.2) is 10.1 Å². The van der Waals surface area contributed by atoms with Crippen LogP contribution in [0.2, 0.25) is 0 Å². The highest BCUT2D eigenvalue weighted by Gasteiger charge is 2.28. The Labute approximate surface area is 72.3 Å². The van der Waals surface area contributed by atoms with E-state index in [0.29, 0.717) is 5.89 Å². The number of halogens is 3. The van der Waals surface area contributed by atoms with Crippen molar-refractivity contribution in [1.29, 1.82) is 0 Å². The first-order valence-electron chi connectivity index (χ1n) is 2.37. The molecule has 0 fully saturated rings. The topological polar surface area (TPSA) is 38.9 Å². The molecule has 0 spiro atoms. The molecular formula is C4H3Cl3N2O. The zero-order valence-electron chi connectivity index (χ0n) is 4.94. The Bertz CT molecular complexity index is 229. The van der Waals surface area contributed by atoms with Crippen LogP contribution in [0.4, 0.5) is 0 Å². The monoisotopic (exact) mass is 200 g/mol. The number of nitrogens with zero attached hydrogens (tertiary/aromatic N) is 2. The molecule has 0 N–H and O–H groups in total. The van der Waals surface area contributed by atoms with E-state index in [2.05, 4.69) is 14.7 Å². The molecule has 1 rings (SSSR count). The van der Waals surface area contributed by atoms with Crippen molar-refractivity contribution in [3.8, 4) is 0 Å². The second-order valence-corrected chi connectivity index (χ2v) is 3.92. The SMILES string of the molecule is Cc1nc(C(Cl)(Cl)Cl)no1. The van der Waals surface area contributed by atoms with Crippen molar-refractivity contribution < 1.29 is 4.52 Å². The fourth-order valence-corrected chi connectivity index (χ4v) is 0.645. The van der Waals surface area contributed by atoms with Gasteiger partial charge in [0.25, 0.3) is 3.79 Å². The summed E-state index contributed by atoms with van der Waals surface area (Å²) in [5.74, 6) is 0.441. The molecule has 1 aromatic rings. The van der Waals surface area contributed by atoms with Gasteiger partial charge in [-0.15, -0.1) is 0 Å². The Morgan fingerprint density at radius 2 is 2.00 bits per heavy atom. The minimum atomic E-state index is -1.59. The summed E-state index contributed by atoms with van der Waals surface area (Å²) < 4.78 is 2.99. The molecule has 0 aliphatic heterocycles. The highest BCUT2D eigenvalue weighted by Crippen LogP contribution is 2.35. The number of aromatic nitrogens is 2. The lowest BCUT2D eigenvalue weighted by atomic mass is 10.7. The van der Waals surface area contributed by atoms with Gasteiger partial charge in [0.15, 0.2) is 0 Å². The van der Waals surface area contributed by atoms with Crippen LogP contribution in [0.5, 0.6) is 0 Å². The third kappa shape index (κ3) is 1.75. The first-order valence-corrected chi connectivity index (χ1v) is 3.51. The van der Waals surface area contributed by atoms with Crippen LogP contribution in [0.15, 0.2) is 4.52 Å². The van der Waals surface area contributed by atoms with Crippen molar-refractivity contribution >= 4 is 34.8 Å². The second kappa shape index (κ2) is 2.57. The predicted octanol–water partition coefficient (Wildman–Crippen LogP) is 2.20. The van der Waals surface area contributed by atoms with E-state index in [1.165, 1.54) is 0 Å². The van der Waals surface area contributed by atoms with Gasteiger partial charge in [0, 0.05) is 6.92 Å². The molecule has 3 nitrogen and oxygen atoms in total. The largest absolute Gasteiger partial charge is 0.340 e. The van der Waals surface area contributed by atoms with Gasteiger partial charge in [-0.05, 0) is 0 Å². The number of hydrogen-bond acceptors (Lipinski definition) is 3. The lowest BCUT2D eigenvalue weighted by Crippen LogP contribution is -2.02. The van der Waals surface area contributed by atoms with E-state index in [1.807, 2.05) is 0 Å². The number of rotatable bonds is 0. The molecule has 56 valence electrons. The van der Waals surface area contributed by atoms with Crippen LogP contribution < -0.4 is 0 Å². The zero-order chi connectivity index (χ0) is 7.78. The van der Waals surface area contributed by atoms with Crippen LogP contribution in [0.1, 0.15) is 11.7 Å². The van der Waals surface area contributed by atoms with Crippen molar-refractivity contribution in [2.75, 3.05) is 0 Å². The lowest BCUT2D eigenvalue weighted by Gasteiger charge is -2.01. The summed E-state index contributed by atoms with van der Waals surface area (Å²) in [6.45, 7) is 1.62. The smallest absolute Gasteiger partial charge is 0.253 e. The molecule has 0 aromatic carbocycles. The molecule has 0 atom stereocenters. The molecule has 0 saturated carbocycles. The van der Waals surface area contributed by atoms with E-state index in [0.717, 1.165) is 0 Å². The van der Waals surface area contributed by atoms with E-state index in [9.17, 15) is 0 Å². The maximum Gasteiger partial charge on any atom is 0.253 e. The Morgan fingerprint density at radius 3 is 2.20 bits per heavy atom. The van der Waals surface area contributed by atoms with E-state index >= 15 is 0 Å². The highest BCUT2D eigenvalue weighted by molar-refractivity contribution is 6.66. The third-order valence-corrected chi connectivity index (χ3v) is 1.29. The van der Waals surface area contributed by atoms with E-state index in [4.69, 9.17) is 34.8 Å². The number of alkyl halides is 3. The summed E-state index contributed by atoms with van der Waals surface area (Å²) in [5.41, 5.74) is 0. The van der Waals surface area contributed by atoms with Crippen molar-refractivity contribution in [2.24, 2.45) is 0 Å². The molecule has 1 aromatic heterocycles. The van der Waals surface area contributed by atoms with Gasteiger partial charge in [0.05, 0.1) is 0 Å². The number of aryl methyl sites for hydroxylation is 1. The Morgan fingerprint density at radius 1 is 1.40 bits per heavy atom. The van der Waals surface area contributed by atoms with E-state index in [-0.39, 0.29) is 5.82 Å². The maximum absolute atomic E-state index is 5.42. The van der Waals surface area contributed by atoms with Gasteiger partial charge in [0.2, 0.25) is 11.7 Å². The predicted molar refractivity (Wildman–Crippen MR) is 38.3 cm³/mol. The summed E-state index contributed by atoms with van der Waals surface area (Å²) in [6.07, 6.45) is 0. The maximum atomic E-state index is 5.42. The average molecular weight is 201 g/mol. The van der Waals surface area contributed by atoms with Gasteiger partial charge in [-0.1, -0.05) is 40.0 Å². The van der Waals surface area contributed by atoms with E-state index in [1.54, 1.807) is 6.92 Å². The minimum Gasteiger partial charge on any atom is -0.340 e. The summed E-state index contributed by atoms with van der Waals surface area (Å²) in [7, 11) is 0. The van der Waals surface area contributed by atoms with Crippen LogP contribution in [0.3, 0.4) is 0 Å². The summed E-state index contributed by atoms with van der Waals surface area (Å²) >= 11 is 16.3. The summed E-state index contributed by atoms with van der Waals surface area (Å²) in [4.78, 5) is 3.71. The van der Waals surface area contributed by atoms with E-state index < -0.39 is 3.79 Å². The molecule has 0 saturated heterocycles. The molecular weight excluding hydrogens is 198 g/mol. The first kappa shape index (κ1) is 8.11. The molecule has 0 amide bonds. The van der Waals surface area contributed by atoms with Crippen LogP contribution in [-0.2, 0) is 3.79 Å². The van der Waals surface area contributed by atoms with Crippen molar-refractivity contribution in [3.05, 3.63) is 11.7 Å². The molecule has 10 heavy (non-hydrogen) atoms. The zero-order valence-corrected chi connectivity index (χ0v) is 7.20. The lowest BCUT2D eigenvalue weighted by molar-refractivity contribution is 0.388. The van der Waals surface area contributed by atoms with Crippen LogP contribution >= 0.6 is 34.8 Å². The summed E-state index contributed by atoms with van der Waals surface area (Å²) in [6, 6.07) is 0. The fourth-order valence-electron chi connectivity index (χ4n) is 0.414. The van der Waals surface area contributed by atoms with Crippen LogP contribution in [0, 0.1) is 6.92 Å². The quantitative estimate of drug-likeness (QED) is 0.604. The second-order valence-electron chi connectivity index (χ2n) is 1.63. The van der Waals surface area contributed by atoms with Crippen molar-refractivity contribution in [3.63, 3.8) is 0 Å². The molecule has 0 aliphatic carbocycles. The number of hydrogen-bond donors (Lipinski definition) is 0. The van der Waals surface area contributed by atoms with Crippen molar-refractivity contribution in [2.45, 2.75) is 10.7 Å². The molecule has 6 heteroatoms. The molecule has 0 bridgehead atoms. The van der Waals surface area contributed by atoms with Gasteiger partial charge in [-0.2, -0.15) is 4.98 Å². The summed E-state index contributed by atoms with van der Waals surface area (Å²) in [5, 5.41) is 3.41. The van der Waals surface area contributed by atoms with Gasteiger partial charge in [0.1, 0.15) is 0 Å². The van der Waals surface area contributed by atoms with Gasteiger partial charge in [-0.3, -0.25) is 0 Å². The Balaban J connectivity index is 2.96. The molecule has 0 aliphatic rings. The molecule has 0 radical (unpaired) electrons. The van der Waals surface area contributed by atoms with Gasteiger partial charge in [-0.25, -0.2) is 0 Å². The van der Waals surface area contributed by atoms with Gasteiger partial charge < -0.3 is 4.52 Å². The molecule has 1 heterocycles. The normalized spacial score (nSPS) is 12.0. The standard InChI is InChI=1S/C4H3Cl3N2O/c1-2-8-3(9-10-2)4(5,6)7/h1H3. The Hall–Kier alpha value is 0.01000. The molecule has 0 unspecified atom stereocenters. The third-order valence-electron chi connectivity index (χ3n) is 0.781. The Kier molecular flexibility index (Phi) is 2.08. The minimum absolute atomic E-state index is 0.0648. The van der Waals surface area contributed by atoms with Crippen LogP contribution in [0.25, 0.3) is 0 Å². The van der Waals surface area contributed by atoms with Gasteiger partial charge >= 0.3 is 0 Å². The van der Waals surface area contributed by atoms with Crippen molar-refractivity contribution in [1.82, 2.24) is 10.1 Å². The highest BCUT2D eigenvalue weighted by atomic mass is 35.6. The average Bonchev–Trinajstić information content (AvgIpc) is 2.11.